The average Bonchev–Trinajstić information content (AvgIpc) is 2.63. The van der Waals surface area contributed by atoms with E-state index in [-0.39, 0.29) is 24.0 Å². The van der Waals surface area contributed by atoms with Crippen molar-refractivity contribution >= 4 is 29.9 Å². The van der Waals surface area contributed by atoms with Gasteiger partial charge >= 0.3 is 6.18 Å². The van der Waals surface area contributed by atoms with Crippen LogP contribution in [0, 0.1) is 5.92 Å². The van der Waals surface area contributed by atoms with E-state index in [1.54, 1.807) is 0 Å². The van der Waals surface area contributed by atoms with Gasteiger partial charge in [-0.25, -0.2) is 4.99 Å². The van der Waals surface area contributed by atoms with Crippen molar-refractivity contribution in [1.82, 2.24) is 10.2 Å². The summed E-state index contributed by atoms with van der Waals surface area (Å²) in [5.74, 6) is 1.46. The lowest BCUT2D eigenvalue weighted by Crippen LogP contribution is -2.40. The minimum atomic E-state index is -4.30. The molecule has 1 N–H and O–H groups in total. The summed E-state index contributed by atoms with van der Waals surface area (Å²) < 4.78 is 43.3. The zero-order valence-corrected chi connectivity index (χ0v) is 18.2. The van der Waals surface area contributed by atoms with Gasteiger partial charge in [-0.1, -0.05) is 12.1 Å². The highest BCUT2D eigenvalue weighted by Crippen LogP contribution is 2.29. The van der Waals surface area contributed by atoms with Gasteiger partial charge in [0.2, 0.25) is 0 Å². The molecule has 0 radical (unpaired) electrons. The third-order valence-corrected chi connectivity index (χ3v) is 4.60. The summed E-state index contributed by atoms with van der Waals surface area (Å²) in [4.78, 5) is 6.65. The van der Waals surface area contributed by atoms with E-state index in [2.05, 4.69) is 15.2 Å². The Bertz CT molecular complexity index is 573. The van der Waals surface area contributed by atoms with Crippen molar-refractivity contribution in [3.05, 3.63) is 35.4 Å². The summed E-state index contributed by atoms with van der Waals surface area (Å²) in [6.07, 6.45) is -1.01. The Labute approximate surface area is 176 Å². The van der Waals surface area contributed by atoms with Gasteiger partial charge in [-0.3, -0.25) is 0 Å². The molecule has 0 spiro atoms. The topological polar surface area (TPSA) is 36.9 Å². The van der Waals surface area contributed by atoms with Crippen molar-refractivity contribution in [2.75, 3.05) is 33.4 Å². The maximum absolute atomic E-state index is 12.6. The fraction of sp³-hybridized carbons (Fsp3) is 0.632. The average molecular weight is 499 g/mol. The number of alkyl halides is 3. The maximum atomic E-state index is 12.6. The third-order valence-electron chi connectivity index (χ3n) is 4.60. The van der Waals surface area contributed by atoms with Crippen LogP contribution in [0.1, 0.15) is 37.3 Å². The number of guanidine groups is 1. The molecule has 1 heterocycles. The fourth-order valence-electron chi connectivity index (χ4n) is 2.95. The molecule has 0 saturated carbocycles. The minimum absolute atomic E-state index is 0. The number of hydrogen-bond acceptors (Lipinski definition) is 2. The number of nitrogens with zero attached hydrogens (tertiary/aromatic N) is 2. The predicted octanol–water partition coefficient (Wildman–Crippen LogP) is 4.54. The SMILES string of the molecule is CCNC(=NCc1ccc(C(F)(F)F)cc1)N(C)CCC1CCOCC1.I. The van der Waals surface area contributed by atoms with Crippen LogP contribution < -0.4 is 5.32 Å². The number of ether oxygens (including phenoxy) is 1. The largest absolute Gasteiger partial charge is 0.416 e. The van der Waals surface area contributed by atoms with Crippen molar-refractivity contribution in [1.29, 1.82) is 0 Å². The Morgan fingerprint density at radius 3 is 2.41 bits per heavy atom. The van der Waals surface area contributed by atoms with E-state index in [0.29, 0.717) is 12.5 Å². The van der Waals surface area contributed by atoms with Gasteiger partial charge in [0.05, 0.1) is 12.1 Å². The Kier molecular flexibility index (Phi) is 10.4. The van der Waals surface area contributed by atoms with Gasteiger partial charge in [0, 0.05) is 33.4 Å². The molecule has 2 rings (SSSR count). The second kappa shape index (κ2) is 11.7. The zero-order valence-electron chi connectivity index (χ0n) is 15.9. The smallest absolute Gasteiger partial charge is 0.381 e. The highest BCUT2D eigenvalue weighted by atomic mass is 127. The van der Waals surface area contributed by atoms with Crippen molar-refractivity contribution in [3.63, 3.8) is 0 Å². The van der Waals surface area contributed by atoms with E-state index in [9.17, 15) is 13.2 Å². The maximum Gasteiger partial charge on any atom is 0.416 e. The van der Waals surface area contributed by atoms with Crippen LogP contribution in [-0.2, 0) is 17.5 Å². The first-order chi connectivity index (χ1) is 12.4. The Balaban J connectivity index is 0.00000364. The van der Waals surface area contributed by atoms with E-state index in [0.717, 1.165) is 69.2 Å². The van der Waals surface area contributed by atoms with E-state index >= 15 is 0 Å². The molecule has 27 heavy (non-hydrogen) atoms. The van der Waals surface area contributed by atoms with Crippen LogP contribution in [0.2, 0.25) is 0 Å². The Morgan fingerprint density at radius 2 is 1.85 bits per heavy atom. The molecule has 154 valence electrons. The summed E-state index contributed by atoms with van der Waals surface area (Å²) in [5, 5.41) is 3.25. The summed E-state index contributed by atoms with van der Waals surface area (Å²) in [6.45, 7) is 5.67. The van der Waals surface area contributed by atoms with Crippen molar-refractivity contribution in [3.8, 4) is 0 Å². The molecule has 4 nitrogen and oxygen atoms in total. The lowest BCUT2D eigenvalue weighted by atomic mass is 9.96. The summed E-state index contributed by atoms with van der Waals surface area (Å²) in [6, 6.07) is 5.18. The van der Waals surface area contributed by atoms with Crippen LogP contribution in [0.3, 0.4) is 0 Å². The number of benzene rings is 1. The molecule has 0 aliphatic carbocycles. The highest BCUT2D eigenvalue weighted by Gasteiger charge is 2.29. The van der Waals surface area contributed by atoms with Crippen molar-refractivity contribution < 1.29 is 17.9 Å². The number of aliphatic imine (C=N–C) groups is 1. The van der Waals surface area contributed by atoms with E-state index in [4.69, 9.17) is 4.74 Å². The predicted molar refractivity (Wildman–Crippen MR) is 112 cm³/mol. The Morgan fingerprint density at radius 1 is 1.22 bits per heavy atom. The molecule has 1 saturated heterocycles. The normalized spacial score (nSPS) is 16.0. The number of rotatable bonds is 6. The van der Waals surface area contributed by atoms with Gasteiger partial charge in [-0.15, -0.1) is 24.0 Å². The molecule has 1 aliphatic heterocycles. The first-order valence-corrected chi connectivity index (χ1v) is 9.13. The lowest BCUT2D eigenvalue weighted by molar-refractivity contribution is -0.137. The monoisotopic (exact) mass is 499 g/mol. The van der Waals surface area contributed by atoms with Crippen LogP contribution in [-0.4, -0.2) is 44.2 Å². The molecular weight excluding hydrogens is 470 g/mol. The van der Waals surface area contributed by atoms with Crippen LogP contribution in [0.4, 0.5) is 13.2 Å². The van der Waals surface area contributed by atoms with Crippen molar-refractivity contribution in [2.24, 2.45) is 10.9 Å². The summed E-state index contributed by atoms with van der Waals surface area (Å²) in [7, 11) is 1.99. The first kappa shape index (κ1) is 24.0. The first-order valence-electron chi connectivity index (χ1n) is 9.13. The van der Waals surface area contributed by atoms with Gasteiger partial charge < -0.3 is 15.0 Å². The standard InChI is InChI=1S/C19H28F3N3O.HI/c1-3-23-18(25(2)11-8-15-9-12-26-13-10-15)24-14-16-4-6-17(7-5-16)19(20,21)22;/h4-7,15H,3,8-14H2,1-2H3,(H,23,24);1H. The highest BCUT2D eigenvalue weighted by molar-refractivity contribution is 14.0. The molecule has 0 bridgehead atoms. The van der Waals surface area contributed by atoms with Crippen molar-refractivity contribution in [2.45, 2.75) is 38.9 Å². The lowest BCUT2D eigenvalue weighted by Gasteiger charge is -2.26. The molecule has 1 aromatic rings. The van der Waals surface area contributed by atoms with E-state index in [1.807, 2.05) is 14.0 Å². The molecule has 0 aromatic heterocycles. The zero-order chi connectivity index (χ0) is 19.0. The fourth-order valence-corrected chi connectivity index (χ4v) is 2.95. The second-order valence-electron chi connectivity index (χ2n) is 6.63. The molecular formula is C19H29F3IN3O. The van der Waals surface area contributed by atoms with Gasteiger partial charge in [-0.05, 0) is 49.8 Å². The van der Waals surface area contributed by atoms with Crippen LogP contribution in [0.15, 0.2) is 29.3 Å². The quantitative estimate of drug-likeness (QED) is 0.355. The summed E-state index contributed by atoms with van der Waals surface area (Å²) in [5.41, 5.74) is 0.122. The molecule has 0 amide bonds. The number of hydrogen-bond donors (Lipinski definition) is 1. The van der Waals surface area contributed by atoms with E-state index in [1.165, 1.54) is 12.1 Å². The molecule has 0 atom stereocenters. The van der Waals surface area contributed by atoms with Gasteiger partial charge in [0.15, 0.2) is 5.96 Å². The molecule has 1 aromatic carbocycles. The Hall–Kier alpha value is -1.03. The van der Waals surface area contributed by atoms with Gasteiger partial charge in [-0.2, -0.15) is 13.2 Å². The molecule has 1 aliphatic rings. The molecule has 8 heteroatoms. The second-order valence-corrected chi connectivity index (χ2v) is 6.63. The number of halogens is 4. The third kappa shape index (κ3) is 8.25. The molecule has 1 fully saturated rings. The van der Waals surface area contributed by atoms with Gasteiger partial charge in [0.1, 0.15) is 0 Å². The van der Waals surface area contributed by atoms with E-state index < -0.39 is 11.7 Å². The minimum Gasteiger partial charge on any atom is -0.381 e. The summed E-state index contributed by atoms with van der Waals surface area (Å²) >= 11 is 0. The molecule has 0 unspecified atom stereocenters. The van der Waals surface area contributed by atoms with Crippen LogP contribution in [0.5, 0.6) is 0 Å². The van der Waals surface area contributed by atoms with Crippen LogP contribution >= 0.6 is 24.0 Å². The van der Waals surface area contributed by atoms with Crippen LogP contribution in [0.25, 0.3) is 0 Å². The van der Waals surface area contributed by atoms with Gasteiger partial charge in [0.25, 0.3) is 0 Å². The number of nitrogens with one attached hydrogen (secondary N) is 1.